The van der Waals surface area contributed by atoms with Crippen molar-refractivity contribution in [3.8, 4) is 0 Å². The molecule has 1 fully saturated rings. The maximum atomic E-state index is 11.2. The van der Waals surface area contributed by atoms with Crippen molar-refractivity contribution in [3.05, 3.63) is 0 Å². The van der Waals surface area contributed by atoms with Crippen LogP contribution in [0.4, 0.5) is 0 Å². The minimum atomic E-state index is 0.189. The van der Waals surface area contributed by atoms with Crippen molar-refractivity contribution in [3.63, 3.8) is 0 Å². The average molecular weight is 172 g/mol. The van der Waals surface area contributed by atoms with Gasteiger partial charge < -0.3 is 9.64 Å². The highest BCUT2D eigenvalue weighted by molar-refractivity contribution is 5.80. The highest BCUT2D eigenvalue weighted by atomic mass is 16.5. The smallest absolute Gasteiger partial charge is 0.237 e. The van der Waals surface area contributed by atoms with Crippen LogP contribution in [-0.4, -0.2) is 43.8 Å². The molecule has 0 aromatic heterocycles. The lowest BCUT2D eigenvalue weighted by molar-refractivity contribution is -0.127. The normalized spacial score (nSPS) is 23.7. The first-order valence-electron chi connectivity index (χ1n) is 4.27. The predicted molar refractivity (Wildman–Crippen MR) is 45.7 cm³/mol. The summed E-state index contributed by atoms with van der Waals surface area (Å²) in [6.07, 6.45) is 1.10. The number of hydrogen-bond donors (Lipinski definition) is 1. The lowest BCUT2D eigenvalue weighted by atomic mass is 10.4. The van der Waals surface area contributed by atoms with Gasteiger partial charge in [-0.1, -0.05) is 0 Å². The summed E-state index contributed by atoms with van der Waals surface area (Å²) >= 11 is 0. The van der Waals surface area contributed by atoms with Crippen molar-refractivity contribution in [2.24, 2.45) is 0 Å². The zero-order valence-electron chi connectivity index (χ0n) is 7.67. The Balaban J connectivity index is 2.25. The van der Waals surface area contributed by atoms with Gasteiger partial charge in [-0.05, 0) is 13.3 Å². The SMILES string of the molecule is COCCCN1C(=O)CNC1C. The first-order valence-corrected chi connectivity index (χ1v) is 4.27. The molecule has 0 saturated carbocycles. The summed E-state index contributed by atoms with van der Waals surface area (Å²) in [5, 5.41) is 3.08. The second-order valence-electron chi connectivity index (χ2n) is 2.99. The number of rotatable bonds is 4. The maximum absolute atomic E-state index is 11.2. The average Bonchev–Trinajstić information content (AvgIpc) is 2.35. The molecule has 1 heterocycles. The molecule has 0 aliphatic carbocycles. The minimum Gasteiger partial charge on any atom is -0.385 e. The molecule has 1 aliphatic heterocycles. The van der Waals surface area contributed by atoms with Gasteiger partial charge in [0.05, 0.1) is 12.7 Å². The summed E-state index contributed by atoms with van der Waals surface area (Å²) in [5.41, 5.74) is 0. The predicted octanol–water partition coefficient (Wildman–Crippen LogP) is -0.199. The fourth-order valence-corrected chi connectivity index (χ4v) is 1.36. The molecule has 0 aromatic rings. The van der Waals surface area contributed by atoms with Gasteiger partial charge in [0.2, 0.25) is 5.91 Å². The van der Waals surface area contributed by atoms with Crippen molar-refractivity contribution < 1.29 is 9.53 Å². The van der Waals surface area contributed by atoms with Gasteiger partial charge in [-0.15, -0.1) is 0 Å². The summed E-state index contributed by atoms with van der Waals surface area (Å²) < 4.78 is 4.91. The number of amides is 1. The van der Waals surface area contributed by atoms with E-state index in [1.807, 2.05) is 11.8 Å². The summed E-state index contributed by atoms with van der Waals surface area (Å²) in [6.45, 7) is 3.99. The number of nitrogens with zero attached hydrogens (tertiary/aromatic N) is 1. The Bertz CT molecular complexity index is 161. The van der Waals surface area contributed by atoms with Gasteiger partial charge in [0.15, 0.2) is 0 Å². The Kier molecular flexibility index (Phi) is 3.49. The number of carbonyl (C=O) groups excluding carboxylic acids is 1. The Labute approximate surface area is 72.9 Å². The second kappa shape index (κ2) is 4.42. The molecule has 12 heavy (non-hydrogen) atoms. The molecule has 1 N–H and O–H groups in total. The number of ether oxygens (including phenoxy) is 1. The third kappa shape index (κ3) is 2.19. The second-order valence-corrected chi connectivity index (χ2v) is 2.99. The standard InChI is InChI=1S/C8H16N2O2/c1-7-9-6-8(11)10(7)4-3-5-12-2/h7,9H,3-6H2,1-2H3. The molecule has 1 aliphatic rings. The van der Waals surface area contributed by atoms with Crippen LogP contribution in [0.5, 0.6) is 0 Å². The van der Waals surface area contributed by atoms with E-state index in [0.29, 0.717) is 6.54 Å². The van der Waals surface area contributed by atoms with E-state index < -0.39 is 0 Å². The lowest BCUT2D eigenvalue weighted by Gasteiger charge is -2.20. The summed E-state index contributed by atoms with van der Waals surface area (Å²) in [7, 11) is 1.67. The first-order chi connectivity index (χ1) is 5.75. The van der Waals surface area contributed by atoms with Crippen molar-refractivity contribution in [2.75, 3.05) is 26.8 Å². The van der Waals surface area contributed by atoms with Crippen LogP contribution >= 0.6 is 0 Å². The molecule has 4 heteroatoms. The third-order valence-corrected chi connectivity index (χ3v) is 2.08. The number of methoxy groups -OCH3 is 1. The highest BCUT2D eigenvalue weighted by Crippen LogP contribution is 2.04. The van der Waals surface area contributed by atoms with Crippen LogP contribution in [0.3, 0.4) is 0 Å². The monoisotopic (exact) mass is 172 g/mol. The van der Waals surface area contributed by atoms with E-state index in [2.05, 4.69) is 5.32 Å². The molecule has 1 unspecified atom stereocenters. The molecular weight excluding hydrogens is 156 g/mol. The van der Waals surface area contributed by atoms with Crippen molar-refractivity contribution >= 4 is 5.91 Å². The van der Waals surface area contributed by atoms with Gasteiger partial charge in [-0.25, -0.2) is 0 Å². The van der Waals surface area contributed by atoms with Crippen molar-refractivity contribution in [1.29, 1.82) is 0 Å². The van der Waals surface area contributed by atoms with Crippen molar-refractivity contribution in [1.82, 2.24) is 10.2 Å². The highest BCUT2D eigenvalue weighted by Gasteiger charge is 2.25. The van der Waals surface area contributed by atoms with Crippen LogP contribution in [-0.2, 0) is 9.53 Å². The quantitative estimate of drug-likeness (QED) is 0.597. The molecule has 1 rings (SSSR count). The maximum Gasteiger partial charge on any atom is 0.237 e. The summed E-state index contributed by atoms with van der Waals surface area (Å²) in [5.74, 6) is 0.193. The third-order valence-electron chi connectivity index (χ3n) is 2.08. The minimum absolute atomic E-state index is 0.189. The largest absolute Gasteiger partial charge is 0.385 e. The van der Waals surface area contributed by atoms with Gasteiger partial charge in [-0.2, -0.15) is 0 Å². The van der Waals surface area contributed by atoms with Crippen LogP contribution in [0, 0.1) is 0 Å². The van der Waals surface area contributed by atoms with Gasteiger partial charge in [0.25, 0.3) is 0 Å². The summed E-state index contributed by atoms with van der Waals surface area (Å²) in [6, 6.07) is 0. The zero-order chi connectivity index (χ0) is 8.97. The van der Waals surface area contributed by atoms with Crippen LogP contribution in [0.15, 0.2) is 0 Å². The molecule has 1 amide bonds. The fourth-order valence-electron chi connectivity index (χ4n) is 1.36. The van der Waals surface area contributed by atoms with Crippen LogP contribution in [0.1, 0.15) is 13.3 Å². The number of nitrogens with one attached hydrogen (secondary N) is 1. The van der Waals surface area contributed by atoms with E-state index in [-0.39, 0.29) is 12.1 Å². The molecule has 0 bridgehead atoms. The molecule has 0 aromatic carbocycles. The van der Waals surface area contributed by atoms with E-state index in [4.69, 9.17) is 4.74 Å². The van der Waals surface area contributed by atoms with Crippen molar-refractivity contribution in [2.45, 2.75) is 19.5 Å². The van der Waals surface area contributed by atoms with Crippen LogP contribution in [0.2, 0.25) is 0 Å². The van der Waals surface area contributed by atoms with Gasteiger partial charge in [-0.3, -0.25) is 10.1 Å². The van der Waals surface area contributed by atoms with Crippen LogP contribution < -0.4 is 5.32 Å². The summed E-state index contributed by atoms with van der Waals surface area (Å²) in [4.78, 5) is 13.0. The molecule has 1 atom stereocenters. The lowest BCUT2D eigenvalue weighted by Crippen LogP contribution is -2.35. The Morgan fingerprint density at radius 1 is 1.75 bits per heavy atom. The molecule has 4 nitrogen and oxygen atoms in total. The van der Waals surface area contributed by atoms with Gasteiger partial charge in [0.1, 0.15) is 0 Å². The van der Waals surface area contributed by atoms with E-state index in [0.717, 1.165) is 19.6 Å². The number of carbonyl (C=O) groups is 1. The topological polar surface area (TPSA) is 41.6 Å². The molecule has 1 saturated heterocycles. The Morgan fingerprint density at radius 2 is 2.50 bits per heavy atom. The number of hydrogen-bond acceptors (Lipinski definition) is 3. The molecule has 0 spiro atoms. The molecule has 0 radical (unpaired) electrons. The van der Waals surface area contributed by atoms with Gasteiger partial charge >= 0.3 is 0 Å². The van der Waals surface area contributed by atoms with E-state index in [1.54, 1.807) is 7.11 Å². The van der Waals surface area contributed by atoms with E-state index in [1.165, 1.54) is 0 Å². The zero-order valence-corrected chi connectivity index (χ0v) is 7.67. The Hall–Kier alpha value is -0.610. The first kappa shape index (κ1) is 9.48. The van der Waals surface area contributed by atoms with Crippen LogP contribution in [0.25, 0.3) is 0 Å². The van der Waals surface area contributed by atoms with Gasteiger partial charge in [0, 0.05) is 20.3 Å². The molecule has 70 valence electrons. The fraction of sp³-hybridized carbons (Fsp3) is 0.875. The van der Waals surface area contributed by atoms with E-state index >= 15 is 0 Å². The Morgan fingerprint density at radius 3 is 3.00 bits per heavy atom. The van der Waals surface area contributed by atoms with E-state index in [9.17, 15) is 4.79 Å². The molecular formula is C8H16N2O2.